The first-order chi connectivity index (χ1) is 8.15. The summed E-state index contributed by atoms with van der Waals surface area (Å²) in [5, 5.41) is 3.09. The lowest BCUT2D eigenvalue weighted by Crippen LogP contribution is -2.04. The monoisotopic (exact) mass is 235 g/mol. The van der Waals surface area contributed by atoms with E-state index in [2.05, 4.69) is 5.32 Å². The Morgan fingerprint density at radius 2 is 2.00 bits per heavy atom. The van der Waals surface area contributed by atoms with E-state index in [1.807, 2.05) is 24.3 Å². The van der Waals surface area contributed by atoms with Crippen molar-refractivity contribution in [3.8, 4) is 5.75 Å². The number of nitrogens with one attached hydrogen (secondary N) is 1. The number of allylic oxidation sites excluding steroid dienone is 1. The van der Waals surface area contributed by atoms with Crippen molar-refractivity contribution in [2.75, 3.05) is 19.0 Å². The minimum atomic E-state index is -0.342. The summed E-state index contributed by atoms with van der Waals surface area (Å²) in [4.78, 5) is 11.2. The molecule has 0 heterocycles. The van der Waals surface area contributed by atoms with E-state index in [1.54, 1.807) is 21.0 Å². The Labute approximate surface area is 101 Å². The lowest BCUT2D eigenvalue weighted by atomic mass is 10.3. The van der Waals surface area contributed by atoms with E-state index in [4.69, 9.17) is 9.47 Å². The summed E-state index contributed by atoms with van der Waals surface area (Å²) < 4.78 is 9.87. The van der Waals surface area contributed by atoms with Crippen molar-refractivity contribution in [3.63, 3.8) is 0 Å². The number of hydrogen-bond donors (Lipinski definition) is 1. The molecule has 1 aromatic carbocycles. The molecule has 0 aromatic heterocycles. The second-order valence-corrected chi connectivity index (χ2v) is 3.43. The van der Waals surface area contributed by atoms with Crippen molar-refractivity contribution in [2.24, 2.45) is 0 Å². The van der Waals surface area contributed by atoms with Crippen LogP contribution >= 0.6 is 0 Å². The van der Waals surface area contributed by atoms with Crippen LogP contribution in [0.2, 0.25) is 0 Å². The highest BCUT2D eigenvalue weighted by Gasteiger charge is 1.99. The van der Waals surface area contributed by atoms with Crippen LogP contribution in [0.15, 0.2) is 36.0 Å². The van der Waals surface area contributed by atoms with Crippen molar-refractivity contribution in [2.45, 2.75) is 13.8 Å². The molecule has 0 aliphatic heterocycles. The lowest BCUT2D eigenvalue weighted by molar-refractivity contribution is -0.137. The Bertz CT molecular complexity index is 396. The van der Waals surface area contributed by atoms with Crippen molar-refractivity contribution in [1.82, 2.24) is 0 Å². The first-order valence-electron chi connectivity index (χ1n) is 5.42. The Balaban J connectivity index is 2.60. The van der Waals surface area contributed by atoms with Crippen LogP contribution in [0.3, 0.4) is 0 Å². The molecule has 0 radical (unpaired) electrons. The predicted octanol–water partition coefficient (Wildman–Crippen LogP) is 2.57. The highest BCUT2D eigenvalue weighted by atomic mass is 16.5. The van der Waals surface area contributed by atoms with E-state index in [0.29, 0.717) is 6.61 Å². The average Bonchev–Trinajstić information content (AvgIpc) is 2.30. The number of carbonyl (C=O) groups excluding carboxylic acids is 1. The molecule has 0 aliphatic rings. The number of anilines is 1. The average molecular weight is 235 g/mol. The smallest absolute Gasteiger partial charge is 0.332 e. The largest absolute Gasteiger partial charge is 0.497 e. The number of benzene rings is 1. The third kappa shape index (κ3) is 4.59. The molecule has 0 unspecified atom stereocenters. The van der Waals surface area contributed by atoms with Gasteiger partial charge in [-0.05, 0) is 38.1 Å². The van der Waals surface area contributed by atoms with E-state index < -0.39 is 0 Å². The fraction of sp³-hybridized carbons (Fsp3) is 0.308. The maximum Gasteiger partial charge on any atom is 0.332 e. The molecule has 1 N–H and O–H groups in total. The molecule has 4 heteroatoms. The zero-order valence-electron chi connectivity index (χ0n) is 10.3. The van der Waals surface area contributed by atoms with Gasteiger partial charge in [0.2, 0.25) is 0 Å². The lowest BCUT2D eigenvalue weighted by Gasteiger charge is -2.07. The number of esters is 1. The zero-order chi connectivity index (χ0) is 12.7. The summed E-state index contributed by atoms with van der Waals surface area (Å²) in [6.45, 7) is 3.96. The van der Waals surface area contributed by atoms with E-state index in [-0.39, 0.29) is 5.97 Å². The molecule has 0 saturated carbocycles. The fourth-order valence-corrected chi connectivity index (χ4v) is 1.30. The number of hydrogen-bond acceptors (Lipinski definition) is 4. The predicted molar refractivity (Wildman–Crippen MR) is 67.0 cm³/mol. The first kappa shape index (κ1) is 13.1. The molecule has 17 heavy (non-hydrogen) atoms. The van der Waals surface area contributed by atoms with Gasteiger partial charge in [-0.25, -0.2) is 4.79 Å². The molecule has 0 aliphatic carbocycles. The third-order valence-corrected chi connectivity index (χ3v) is 2.05. The van der Waals surface area contributed by atoms with Crippen molar-refractivity contribution in [1.29, 1.82) is 0 Å². The van der Waals surface area contributed by atoms with E-state index in [1.165, 1.54) is 6.08 Å². The summed E-state index contributed by atoms with van der Waals surface area (Å²) in [5.74, 6) is 0.452. The summed E-state index contributed by atoms with van der Waals surface area (Å²) in [6.07, 6.45) is 1.42. The van der Waals surface area contributed by atoms with Gasteiger partial charge in [-0.1, -0.05) is 0 Å². The Kier molecular flexibility index (Phi) is 5.07. The van der Waals surface area contributed by atoms with Crippen LogP contribution in [0.5, 0.6) is 5.75 Å². The first-order valence-corrected chi connectivity index (χ1v) is 5.42. The van der Waals surface area contributed by atoms with Crippen LogP contribution in [-0.4, -0.2) is 19.7 Å². The van der Waals surface area contributed by atoms with Gasteiger partial charge in [0.15, 0.2) is 0 Å². The molecular weight excluding hydrogens is 218 g/mol. The number of carbonyl (C=O) groups is 1. The van der Waals surface area contributed by atoms with Crippen molar-refractivity contribution >= 4 is 11.7 Å². The second kappa shape index (κ2) is 6.58. The standard InChI is InChI=1S/C13H17NO3/c1-4-17-13(15)9-10(2)14-11-5-7-12(16-3)8-6-11/h5-9,14H,4H2,1-3H3/b10-9-. The van der Waals surface area contributed by atoms with Gasteiger partial charge in [0, 0.05) is 17.5 Å². The molecule has 0 amide bonds. The van der Waals surface area contributed by atoms with E-state index >= 15 is 0 Å². The van der Waals surface area contributed by atoms with Crippen molar-refractivity contribution in [3.05, 3.63) is 36.0 Å². The van der Waals surface area contributed by atoms with Gasteiger partial charge in [-0.3, -0.25) is 0 Å². The summed E-state index contributed by atoms with van der Waals surface area (Å²) in [5.41, 5.74) is 1.62. The van der Waals surface area contributed by atoms with Crippen LogP contribution in [0, 0.1) is 0 Å². The molecule has 0 fully saturated rings. The molecular formula is C13H17NO3. The highest BCUT2D eigenvalue weighted by molar-refractivity contribution is 5.83. The quantitative estimate of drug-likeness (QED) is 0.629. The topological polar surface area (TPSA) is 47.6 Å². The zero-order valence-corrected chi connectivity index (χ0v) is 10.3. The highest BCUT2D eigenvalue weighted by Crippen LogP contribution is 2.16. The Morgan fingerprint density at radius 1 is 1.35 bits per heavy atom. The molecule has 4 nitrogen and oxygen atoms in total. The SMILES string of the molecule is CCOC(=O)/C=C(/C)Nc1ccc(OC)cc1. The number of ether oxygens (including phenoxy) is 2. The van der Waals surface area contributed by atoms with Gasteiger partial charge < -0.3 is 14.8 Å². The molecule has 1 rings (SSSR count). The molecule has 0 atom stereocenters. The van der Waals surface area contributed by atoms with Crippen LogP contribution in [0.1, 0.15) is 13.8 Å². The summed E-state index contributed by atoms with van der Waals surface area (Å²) in [7, 11) is 1.62. The molecule has 0 bridgehead atoms. The van der Waals surface area contributed by atoms with Crippen molar-refractivity contribution < 1.29 is 14.3 Å². The van der Waals surface area contributed by atoms with Gasteiger partial charge in [-0.2, -0.15) is 0 Å². The van der Waals surface area contributed by atoms with Crippen LogP contribution < -0.4 is 10.1 Å². The van der Waals surface area contributed by atoms with Gasteiger partial charge >= 0.3 is 5.97 Å². The summed E-state index contributed by atoms with van der Waals surface area (Å²) in [6, 6.07) is 7.45. The van der Waals surface area contributed by atoms with E-state index in [9.17, 15) is 4.79 Å². The van der Waals surface area contributed by atoms with Crippen LogP contribution in [-0.2, 0) is 9.53 Å². The minimum absolute atomic E-state index is 0.342. The number of methoxy groups -OCH3 is 1. The van der Waals surface area contributed by atoms with Gasteiger partial charge in [0.05, 0.1) is 13.7 Å². The molecule has 92 valence electrons. The molecule has 0 saturated heterocycles. The normalized spacial score (nSPS) is 10.9. The summed E-state index contributed by atoms with van der Waals surface area (Å²) >= 11 is 0. The van der Waals surface area contributed by atoms with Crippen LogP contribution in [0.25, 0.3) is 0 Å². The van der Waals surface area contributed by atoms with Crippen LogP contribution in [0.4, 0.5) is 5.69 Å². The Morgan fingerprint density at radius 3 is 2.53 bits per heavy atom. The number of rotatable bonds is 5. The van der Waals surface area contributed by atoms with Gasteiger partial charge in [0.1, 0.15) is 5.75 Å². The minimum Gasteiger partial charge on any atom is -0.497 e. The molecule has 0 spiro atoms. The fourth-order valence-electron chi connectivity index (χ4n) is 1.30. The maximum atomic E-state index is 11.2. The van der Waals surface area contributed by atoms with E-state index in [0.717, 1.165) is 17.1 Å². The third-order valence-electron chi connectivity index (χ3n) is 2.05. The molecule has 1 aromatic rings. The Hall–Kier alpha value is -1.97. The van der Waals surface area contributed by atoms with Gasteiger partial charge in [-0.15, -0.1) is 0 Å². The second-order valence-electron chi connectivity index (χ2n) is 3.43. The van der Waals surface area contributed by atoms with Gasteiger partial charge in [0.25, 0.3) is 0 Å². The maximum absolute atomic E-state index is 11.2.